The topological polar surface area (TPSA) is 76.7 Å². The van der Waals surface area contributed by atoms with Gasteiger partial charge in [-0.3, -0.25) is 0 Å². The van der Waals surface area contributed by atoms with Crippen molar-refractivity contribution < 1.29 is 13.2 Å². The van der Waals surface area contributed by atoms with Crippen molar-refractivity contribution in [1.29, 1.82) is 0 Å². The Hall–Kier alpha value is -2.61. The molecular formula is C17H14ClF2N5O. The average molecular weight is 378 g/mol. The summed E-state index contributed by atoms with van der Waals surface area (Å²) in [5.41, 5.74) is 0.398. The van der Waals surface area contributed by atoms with Crippen LogP contribution in [0.15, 0.2) is 35.0 Å². The molecular weight excluding hydrogens is 364 g/mol. The van der Waals surface area contributed by atoms with E-state index < -0.39 is 12.2 Å². The average Bonchev–Trinajstić information content (AvgIpc) is 3.10. The Labute approximate surface area is 152 Å². The molecule has 0 aliphatic heterocycles. The lowest BCUT2D eigenvalue weighted by molar-refractivity contribution is 0.273. The molecule has 0 unspecified atom stereocenters. The molecule has 0 saturated heterocycles. The van der Waals surface area contributed by atoms with Crippen molar-refractivity contribution in [3.63, 3.8) is 0 Å². The van der Waals surface area contributed by atoms with Gasteiger partial charge < -0.3 is 9.73 Å². The van der Waals surface area contributed by atoms with Gasteiger partial charge in [-0.05, 0) is 37.5 Å². The largest absolute Gasteiger partial charge is 0.418 e. The minimum absolute atomic E-state index is 0.105. The smallest absolute Gasteiger partial charge is 0.251 e. The third-order valence-electron chi connectivity index (χ3n) is 4.48. The summed E-state index contributed by atoms with van der Waals surface area (Å²) >= 11 is 6.03. The number of nitrogens with one attached hydrogen (secondary N) is 1. The lowest BCUT2D eigenvalue weighted by atomic mass is 9.71. The summed E-state index contributed by atoms with van der Waals surface area (Å²) in [6.07, 6.45) is 5.44. The van der Waals surface area contributed by atoms with Crippen LogP contribution in [0, 0.1) is 5.82 Å². The molecule has 6 nitrogen and oxygen atoms in total. The Morgan fingerprint density at radius 1 is 1.19 bits per heavy atom. The van der Waals surface area contributed by atoms with Gasteiger partial charge in [-0.1, -0.05) is 11.6 Å². The van der Waals surface area contributed by atoms with E-state index in [1.54, 1.807) is 6.07 Å². The normalized spacial score (nSPS) is 15.5. The molecule has 1 fully saturated rings. The van der Waals surface area contributed by atoms with Crippen molar-refractivity contribution in [2.24, 2.45) is 0 Å². The van der Waals surface area contributed by atoms with Crippen LogP contribution >= 0.6 is 11.6 Å². The van der Waals surface area contributed by atoms with Gasteiger partial charge in [-0.25, -0.2) is 18.7 Å². The monoisotopic (exact) mass is 377 g/mol. The maximum Gasteiger partial charge on any atom is 0.251 e. The first-order chi connectivity index (χ1) is 12.6. The Morgan fingerprint density at radius 3 is 2.58 bits per heavy atom. The highest BCUT2D eigenvalue weighted by molar-refractivity contribution is 6.30. The van der Waals surface area contributed by atoms with Crippen molar-refractivity contribution in [1.82, 2.24) is 20.2 Å². The highest BCUT2D eigenvalue weighted by atomic mass is 35.5. The number of benzene rings is 1. The molecule has 0 atom stereocenters. The fraction of sp³-hybridized carbons (Fsp3) is 0.294. The highest BCUT2D eigenvalue weighted by Gasteiger charge is 2.41. The second-order valence-corrected chi connectivity index (χ2v) is 6.55. The fourth-order valence-electron chi connectivity index (χ4n) is 3.00. The summed E-state index contributed by atoms with van der Waals surface area (Å²) in [4.78, 5) is 8.47. The van der Waals surface area contributed by atoms with Crippen LogP contribution in [0.2, 0.25) is 5.02 Å². The summed E-state index contributed by atoms with van der Waals surface area (Å²) < 4.78 is 31.9. The van der Waals surface area contributed by atoms with Gasteiger partial charge in [-0.2, -0.15) is 0 Å². The van der Waals surface area contributed by atoms with Gasteiger partial charge in [0.15, 0.2) is 6.67 Å². The van der Waals surface area contributed by atoms with Gasteiger partial charge >= 0.3 is 0 Å². The molecule has 1 aromatic carbocycles. The van der Waals surface area contributed by atoms with Gasteiger partial charge in [0.25, 0.3) is 5.89 Å². The lowest BCUT2D eigenvalue weighted by Crippen LogP contribution is -2.43. The maximum absolute atomic E-state index is 14.3. The van der Waals surface area contributed by atoms with Crippen molar-refractivity contribution >= 4 is 17.5 Å². The van der Waals surface area contributed by atoms with Crippen LogP contribution in [0.5, 0.6) is 0 Å². The van der Waals surface area contributed by atoms with Gasteiger partial charge in [0.2, 0.25) is 11.8 Å². The summed E-state index contributed by atoms with van der Waals surface area (Å²) in [5, 5.41) is 11.0. The molecule has 26 heavy (non-hydrogen) atoms. The molecule has 1 N–H and O–H groups in total. The van der Waals surface area contributed by atoms with Gasteiger partial charge in [-0.15, -0.1) is 10.2 Å². The molecule has 134 valence electrons. The van der Waals surface area contributed by atoms with Crippen LogP contribution in [0.4, 0.5) is 14.7 Å². The summed E-state index contributed by atoms with van der Waals surface area (Å²) in [6, 6.07) is 4.52. The molecule has 1 aliphatic carbocycles. The van der Waals surface area contributed by atoms with Gasteiger partial charge in [0.05, 0.1) is 11.1 Å². The van der Waals surface area contributed by atoms with Crippen LogP contribution in [0.25, 0.3) is 11.5 Å². The minimum Gasteiger partial charge on any atom is -0.418 e. The van der Waals surface area contributed by atoms with Crippen molar-refractivity contribution in [3.8, 4) is 11.5 Å². The van der Waals surface area contributed by atoms with Gasteiger partial charge in [0.1, 0.15) is 5.82 Å². The van der Waals surface area contributed by atoms with Crippen molar-refractivity contribution in [2.45, 2.75) is 31.5 Å². The third kappa shape index (κ3) is 3.01. The number of rotatable bonds is 5. The Morgan fingerprint density at radius 2 is 1.96 bits per heavy atom. The first kappa shape index (κ1) is 16.8. The quantitative estimate of drug-likeness (QED) is 0.715. The Kier molecular flexibility index (Phi) is 4.28. The number of anilines is 1. The molecule has 0 bridgehead atoms. The molecule has 2 heterocycles. The van der Waals surface area contributed by atoms with E-state index in [0.29, 0.717) is 22.1 Å². The first-order valence-electron chi connectivity index (χ1n) is 8.04. The summed E-state index contributed by atoms with van der Waals surface area (Å²) in [6.45, 7) is -0.832. The minimum atomic E-state index is -0.832. The zero-order valence-electron chi connectivity index (χ0n) is 13.5. The summed E-state index contributed by atoms with van der Waals surface area (Å²) in [5.74, 6) is 0.0661. The van der Waals surface area contributed by atoms with Gasteiger partial charge in [0, 0.05) is 23.0 Å². The molecule has 2 aromatic heterocycles. The second kappa shape index (κ2) is 6.60. The van der Waals surface area contributed by atoms with E-state index in [9.17, 15) is 8.78 Å². The van der Waals surface area contributed by atoms with E-state index in [1.165, 1.54) is 24.5 Å². The zero-order valence-corrected chi connectivity index (χ0v) is 14.3. The third-order valence-corrected chi connectivity index (χ3v) is 4.72. The van der Waals surface area contributed by atoms with Crippen LogP contribution in [-0.4, -0.2) is 20.2 Å². The van der Waals surface area contributed by atoms with Crippen LogP contribution in [-0.2, 0) is 12.2 Å². The van der Waals surface area contributed by atoms with Crippen LogP contribution in [0.1, 0.15) is 30.7 Å². The number of halogens is 3. The fourth-order valence-corrected chi connectivity index (χ4v) is 3.17. The number of hydrogen-bond acceptors (Lipinski definition) is 6. The molecule has 9 heteroatoms. The molecule has 3 aromatic rings. The van der Waals surface area contributed by atoms with E-state index in [2.05, 4.69) is 25.5 Å². The molecule has 1 aliphatic rings. The SMILES string of the molecule is FCc1nnc(-c2cnc(NC3(c4cc(Cl)ccc4F)CCC3)nc2)o1. The second-order valence-electron chi connectivity index (χ2n) is 6.11. The predicted molar refractivity (Wildman–Crippen MR) is 90.7 cm³/mol. The number of nitrogens with zero attached hydrogens (tertiary/aromatic N) is 4. The predicted octanol–water partition coefficient (Wildman–Crippen LogP) is 4.28. The van der Waals surface area contributed by atoms with Crippen molar-refractivity contribution in [3.05, 3.63) is 52.9 Å². The van der Waals surface area contributed by atoms with Crippen molar-refractivity contribution in [2.75, 3.05) is 5.32 Å². The zero-order chi connectivity index (χ0) is 18.1. The van der Waals surface area contributed by atoms with E-state index in [-0.39, 0.29) is 17.6 Å². The summed E-state index contributed by atoms with van der Waals surface area (Å²) in [7, 11) is 0. The molecule has 0 amide bonds. The number of alkyl halides is 1. The molecule has 0 radical (unpaired) electrons. The molecule has 4 rings (SSSR count). The van der Waals surface area contributed by atoms with E-state index in [1.807, 2.05) is 0 Å². The number of aromatic nitrogens is 4. The van der Waals surface area contributed by atoms with Crippen LogP contribution in [0.3, 0.4) is 0 Å². The number of hydrogen-bond donors (Lipinski definition) is 1. The van der Waals surface area contributed by atoms with E-state index in [0.717, 1.165) is 19.3 Å². The Balaban J connectivity index is 1.58. The standard InChI is InChI=1S/C17H14ClF2N5O/c18-11-2-3-13(20)12(6-11)17(4-1-5-17)23-16-21-8-10(9-22-16)15-25-24-14(7-19)26-15/h2-3,6,8-9H,1,4-5,7H2,(H,21,22,23). The molecule has 1 saturated carbocycles. The Bertz CT molecular complexity index is 927. The van der Waals surface area contributed by atoms with Crippen LogP contribution < -0.4 is 5.32 Å². The van der Waals surface area contributed by atoms with E-state index in [4.69, 9.17) is 16.0 Å². The van der Waals surface area contributed by atoms with E-state index >= 15 is 0 Å². The lowest BCUT2D eigenvalue weighted by Gasteiger charge is -2.43. The maximum atomic E-state index is 14.3. The first-order valence-corrected chi connectivity index (χ1v) is 8.42. The molecule has 0 spiro atoms. The highest BCUT2D eigenvalue weighted by Crippen LogP contribution is 2.45.